The highest BCUT2D eigenvalue weighted by molar-refractivity contribution is 6.07. The van der Waals surface area contributed by atoms with E-state index < -0.39 is 11.7 Å². The third kappa shape index (κ3) is 5.04. The van der Waals surface area contributed by atoms with Gasteiger partial charge >= 0.3 is 0 Å². The standard InChI is InChI=1S/C38H35N5O5/c1-25-20-29(18-19-41-23-31(39-40-41)36(45)27-11-3-2-4-12-27)48-38(25)30-14-5-6-15-32(30)42(37(38)46)22-26-10-9-13-28(21-26)43-33-16-7-8-17-34(33)47-24-35(43)44/h2-17,21,23,25,29,36,45H,18-20,22,24H2,1H3/t25-,29+,36+,38+/m0/s1. The van der Waals surface area contributed by atoms with Crippen LogP contribution in [0, 0.1) is 5.92 Å². The number of aromatic nitrogens is 3. The van der Waals surface area contributed by atoms with E-state index in [4.69, 9.17) is 9.47 Å². The van der Waals surface area contributed by atoms with E-state index in [0.29, 0.717) is 36.6 Å². The van der Waals surface area contributed by atoms with Gasteiger partial charge < -0.3 is 19.5 Å². The van der Waals surface area contributed by atoms with Gasteiger partial charge in [0.25, 0.3) is 11.8 Å². The lowest BCUT2D eigenvalue weighted by Crippen LogP contribution is -2.43. The molecule has 1 spiro atoms. The molecule has 48 heavy (non-hydrogen) atoms. The second-order valence-corrected chi connectivity index (χ2v) is 12.7. The molecular weight excluding hydrogens is 606 g/mol. The third-order valence-corrected chi connectivity index (χ3v) is 9.67. The molecule has 0 bridgehead atoms. The van der Waals surface area contributed by atoms with Crippen LogP contribution in [-0.4, -0.2) is 44.6 Å². The lowest BCUT2D eigenvalue weighted by atomic mass is 9.83. The lowest BCUT2D eigenvalue weighted by molar-refractivity contribution is -0.146. The number of carbonyl (C=O) groups excluding carboxylic acids is 2. The van der Waals surface area contributed by atoms with Crippen LogP contribution in [0.2, 0.25) is 0 Å². The van der Waals surface area contributed by atoms with Crippen LogP contribution in [0.1, 0.15) is 48.3 Å². The number of fused-ring (bicyclic) bond motifs is 3. The van der Waals surface area contributed by atoms with Crippen molar-refractivity contribution in [2.75, 3.05) is 16.4 Å². The predicted molar refractivity (Wildman–Crippen MR) is 179 cm³/mol. The number of anilines is 3. The first-order valence-electron chi connectivity index (χ1n) is 16.3. The molecule has 5 aromatic rings. The molecule has 4 aromatic carbocycles. The first kappa shape index (κ1) is 30.0. The zero-order valence-corrected chi connectivity index (χ0v) is 26.5. The fourth-order valence-corrected chi connectivity index (χ4v) is 7.35. The summed E-state index contributed by atoms with van der Waals surface area (Å²) in [6.45, 7) is 2.92. The summed E-state index contributed by atoms with van der Waals surface area (Å²) in [6, 6.07) is 32.5. The lowest BCUT2D eigenvalue weighted by Gasteiger charge is -2.30. The van der Waals surface area contributed by atoms with Crippen LogP contribution in [0.25, 0.3) is 0 Å². The van der Waals surface area contributed by atoms with E-state index >= 15 is 0 Å². The van der Waals surface area contributed by atoms with Crippen molar-refractivity contribution in [1.29, 1.82) is 0 Å². The molecule has 1 aromatic heterocycles. The van der Waals surface area contributed by atoms with E-state index in [1.165, 1.54) is 0 Å². The van der Waals surface area contributed by atoms with Crippen LogP contribution in [0.4, 0.5) is 17.1 Å². The van der Waals surface area contributed by atoms with Gasteiger partial charge in [0, 0.05) is 23.7 Å². The highest BCUT2D eigenvalue weighted by atomic mass is 16.5. The van der Waals surface area contributed by atoms with Gasteiger partial charge in [-0.25, -0.2) is 0 Å². The van der Waals surface area contributed by atoms with Crippen molar-refractivity contribution in [3.05, 3.63) is 132 Å². The number of aryl methyl sites for hydroxylation is 1. The minimum absolute atomic E-state index is 0.0359. The number of benzene rings is 4. The fourth-order valence-electron chi connectivity index (χ4n) is 7.35. The van der Waals surface area contributed by atoms with E-state index in [9.17, 15) is 14.7 Å². The van der Waals surface area contributed by atoms with Crippen molar-refractivity contribution in [2.45, 2.75) is 50.7 Å². The molecule has 4 atom stereocenters. The second-order valence-electron chi connectivity index (χ2n) is 12.7. The van der Waals surface area contributed by atoms with E-state index in [1.807, 2.05) is 108 Å². The van der Waals surface area contributed by atoms with Crippen molar-refractivity contribution in [3.63, 3.8) is 0 Å². The molecule has 4 heterocycles. The predicted octanol–water partition coefficient (Wildman–Crippen LogP) is 5.67. The summed E-state index contributed by atoms with van der Waals surface area (Å²) in [7, 11) is 0. The molecule has 0 aliphatic carbocycles. The normalized spacial score (nSPS) is 22.1. The molecule has 0 radical (unpaired) electrons. The monoisotopic (exact) mass is 641 g/mol. The Labute approximate surface area is 278 Å². The van der Waals surface area contributed by atoms with Crippen LogP contribution in [-0.2, 0) is 33.0 Å². The van der Waals surface area contributed by atoms with Crippen molar-refractivity contribution in [2.24, 2.45) is 5.92 Å². The maximum Gasteiger partial charge on any atom is 0.269 e. The van der Waals surface area contributed by atoms with Crippen LogP contribution in [0.5, 0.6) is 5.75 Å². The molecule has 1 fully saturated rings. The quantitative estimate of drug-likeness (QED) is 0.232. The first-order chi connectivity index (χ1) is 23.4. The minimum Gasteiger partial charge on any atom is -0.482 e. The fraction of sp³-hybridized carbons (Fsp3) is 0.263. The molecule has 1 N–H and O–H groups in total. The molecule has 0 unspecified atom stereocenters. The zero-order valence-electron chi connectivity index (χ0n) is 26.5. The molecule has 3 aliphatic rings. The molecule has 0 saturated carbocycles. The number of hydrogen-bond donors (Lipinski definition) is 1. The van der Waals surface area contributed by atoms with Gasteiger partial charge in [-0.2, -0.15) is 0 Å². The Morgan fingerprint density at radius 3 is 2.56 bits per heavy atom. The number of para-hydroxylation sites is 3. The second kappa shape index (κ2) is 12.0. The summed E-state index contributed by atoms with van der Waals surface area (Å²) in [5.41, 5.74) is 4.19. The van der Waals surface area contributed by atoms with Crippen LogP contribution >= 0.6 is 0 Å². The van der Waals surface area contributed by atoms with Gasteiger partial charge in [0.2, 0.25) is 0 Å². The van der Waals surface area contributed by atoms with Gasteiger partial charge in [0.15, 0.2) is 12.2 Å². The summed E-state index contributed by atoms with van der Waals surface area (Å²) in [5.74, 6) is 0.372. The Kier molecular flexibility index (Phi) is 7.54. The van der Waals surface area contributed by atoms with Crippen molar-refractivity contribution in [1.82, 2.24) is 15.0 Å². The van der Waals surface area contributed by atoms with Gasteiger partial charge in [0.05, 0.1) is 30.2 Å². The maximum absolute atomic E-state index is 14.5. The summed E-state index contributed by atoms with van der Waals surface area (Å²) in [6.07, 6.45) is 2.11. The third-order valence-electron chi connectivity index (χ3n) is 9.67. The summed E-state index contributed by atoms with van der Waals surface area (Å²) in [5, 5.41) is 19.2. The van der Waals surface area contributed by atoms with Crippen LogP contribution in [0.15, 0.2) is 109 Å². The Hall–Kier alpha value is -5.32. The number of amides is 2. The van der Waals surface area contributed by atoms with E-state index in [1.54, 1.807) is 15.8 Å². The van der Waals surface area contributed by atoms with Crippen molar-refractivity contribution in [3.8, 4) is 5.75 Å². The van der Waals surface area contributed by atoms with Crippen LogP contribution < -0.4 is 14.5 Å². The van der Waals surface area contributed by atoms with Gasteiger partial charge in [-0.15, -0.1) is 5.10 Å². The molecule has 2 amide bonds. The number of aliphatic hydroxyl groups excluding tert-OH is 1. The molecule has 1 saturated heterocycles. The molecule has 10 heteroatoms. The number of rotatable bonds is 8. The molecular formula is C38H35N5O5. The Morgan fingerprint density at radius 1 is 0.938 bits per heavy atom. The van der Waals surface area contributed by atoms with E-state index in [-0.39, 0.29) is 30.4 Å². The largest absolute Gasteiger partial charge is 0.482 e. The van der Waals surface area contributed by atoms with E-state index in [0.717, 1.165) is 34.5 Å². The molecule has 10 nitrogen and oxygen atoms in total. The zero-order chi connectivity index (χ0) is 32.8. The number of hydrogen-bond acceptors (Lipinski definition) is 7. The summed E-state index contributed by atoms with van der Waals surface area (Å²) < 4.78 is 14.1. The highest BCUT2D eigenvalue weighted by Crippen LogP contribution is 2.54. The van der Waals surface area contributed by atoms with Gasteiger partial charge in [-0.1, -0.05) is 84.9 Å². The maximum atomic E-state index is 14.5. The van der Waals surface area contributed by atoms with Gasteiger partial charge in [-0.3, -0.25) is 19.2 Å². The first-order valence-corrected chi connectivity index (χ1v) is 16.3. The molecule has 8 rings (SSSR count). The topological polar surface area (TPSA) is 110 Å². The summed E-state index contributed by atoms with van der Waals surface area (Å²) >= 11 is 0. The average Bonchev–Trinajstić information content (AvgIpc) is 3.80. The number of carbonyl (C=O) groups is 2. The molecule has 242 valence electrons. The summed E-state index contributed by atoms with van der Waals surface area (Å²) in [4.78, 5) is 31.0. The van der Waals surface area contributed by atoms with Crippen LogP contribution in [0.3, 0.4) is 0 Å². The number of ether oxygens (including phenoxy) is 2. The van der Waals surface area contributed by atoms with Gasteiger partial charge in [-0.05, 0) is 54.3 Å². The Balaban J connectivity index is 1.01. The smallest absolute Gasteiger partial charge is 0.269 e. The average molecular weight is 642 g/mol. The van der Waals surface area contributed by atoms with E-state index in [2.05, 4.69) is 17.2 Å². The van der Waals surface area contributed by atoms with Crippen molar-refractivity contribution >= 4 is 28.9 Å². The number of aliphatic hydroxyl groups is 1. The number of nitrogens with zero attached hydrogens (tertiary/aromatic N) is 5. The van der Waals surface area contributed by atoms with Crippen molar-refractivity contribution < 1.29 is 24.2 Å². The Bertz CT molecular complexity index is 2000. The Morgan fingerprint density at radius 2 is 1.71 bits per heavy atom. The minimum atomic E-state index is -1.09. The highest BCUT2D eigenvalue weighted by Gasteiger charge is 2.59. The molecule has 3 aliphatic heterocycles. The van der Waals surface area contributed by atoms with Gasteiger partial charge in [0.1, 0.15) is 17.5 Å². The SMILES string of the molecule is C[C@H]1C[C@@H](CCn2cc([C@H](O)c3ccccc3)nn2)O[C@]12C(=O)N(Cc1cccc(N3C(=O)COc4ccccc43)c1)c1ccccc12.